The van der Waals surface area contributed by atoms with Crippen LogP contribution in [0.5, 0.6) is 11.5 Å². The molecule has 2 aromatic carbocycles. The van der Waals surface area contributed by atoms with Gasteiger partial charge in [0.25, 0.3) is 5.91 Å². The molecule has 7 N–H and O–H groups in total. The first-order valence-electron chi connectivity index (χ1n) is 13.8. The first-order chi connectivity index (χ1) is 20.3. The molecule has 1 fully saturated rings. The number of amides is 1. The monoisotopic (exact) mass is 590 g/mol. The predicted molar refractivity (Wildman–Crippen MR) is 156 cm³/mol. The number of primary amides is 1. The Labute approximate surface area is 247 Å². The number of benzene rings is 2. The molecule has 43 heavy (non-hydrogen) atoms. The number of phenolic OH excluding ortho intramolecular Hbond substituents is 1. The average molecular weight is 591 g/mol. The van der Waals surface area contributed by atoms with Gasteiger partial charge in [-0.3, -0.25) is 19.3 Å². The number of nitrogens with two attached hydrogens (primary N) is 1. The molecule has 3 aliphatic rings. The van der Waals surface area contributed by atoms with Crippen LogP contribution in [-0.2, 0) is 20.8 Å². The number of Topliss-reactive ketones (excluding diaryl/α,β-unsaturated/α-hetero) is 2. The van der Waals surface area contributed by atoms with Crippen molar-refractivity contribution in [1.29, 1.82) is 0 Å². The summed E-state index contributed by atoms with van der Waals surface area (Å²) < 4.78 is 5.61. The number of aliphatic hydroxyl groups excluding tert-OH is 3. The summed E-state index contributed by atoms with van der Waals surface area (Å²) in [6.45, 7) is 1.79. The van der Waals surface area contributed by atoms with Crippen molar-refractivity contribution in [2.75, 3.05) is 21.2 Å². The normalized spacial score (nSPS) is 26.0. The van der Waals surface area contributed by atoms with Gasteiger partial charge in [0.15, 0.2) is 11.4 Å². The van der Waals surface area contributed by atoms with E-state index in [9.17, 15) is 39.9 Å². The molecule has 11 nitrogen and oxygen atoms in total. The lowest BCUT2D eigenvalue weighted by Crippen LogP contribution is -2.65. The van der Waals surface area contributed by atoms with Crippen LogP contribution in [0.1, 0.15) is 36.1 Å². The second kappa shape index (κ2) is 10.7. The van der Waals surface area contributed by atoms with E-state index in [4.69, 9.17) is 10.5 Å². The lowest BCUT2D eigenvalue weighted by atomic mass is 9.57. The Morgan fingerprint density at radius 3 is 2.44 bits per heavy atom. The van der Waals surface area contributed by atoms with Gasteiger partial charge in [0.1, 0.15) is 28.6 Å². The van der Waals surface area contributed by atoms with E-state index in [-0.39, 0.29) is 29.7 Å². The standard InChI is InChI=1S/C32H34N2O9/c1-5-6-20(35)14-7-10-22(43-4)17(11-14)16-8-9-21(36)24-18(16)12-15-13-19-26(34(2)3)28(38)25(31(33)41)30(40)32(19,42)29(39)23(15)27(24)37/h5-11,15,19-20,26,35-37,40,42H,12-13H2,1-4H3,(H2,33,41)/b6-5+/t15-,19-,20?,26-,32-/m0/s1. The molecule has 1 unspecified atom stereocenters. The summed E-state index contributed by atoms with van der Waals surface area (Å²) >= 11 is 0. The summed E-state index contributed by atoms with van der Waals surface area (Å²) in [6.07, 6.45) is 2.53. The molecule has 0 bridgehead atoms. The summed E-state index contributed by atoms with van der Waals surface area (Å²) in [6, 6.07) is 6.99. The number of carbonyl (C=O) groups is 3. The molecule has 0 radical (unpaired) electrons. The highest BCUT2D eigenvalue weighted by Gasteiger charge is 2.64. The molecule has 0 aliphatic heterocycles. The van der Waals surface area contributed by atoms with Gasteiger partial charge in [-0.15, -0.1) is 0 Å². The van der Waals surface area contributed by atoms with E-state index in [1.54, 1.807) is 57.4 Å². The number of hydrogen-bond donors (Lipinski definition) is 6. The van der Waals surface area contributed by atoms with Gasteiger partial charge in [-0.2, -0.15) is 0 Å². The first-order valence-corrected chi connectivity index (χ1v) is 13.8. The predicted octanol–water partition coefficient (Wildman–Crippen LogP) is 2.25. The Morgan fingerprint density at radius 1 is 1.14 bits per heavy atom. The average Bonchev–Trinajstić information content (AvgIpc) is 2.94. The molecule has 226 valence electrons. The number of likely N-dealkylation sites (N-methyl/N-ethyl adjacent to an activating group) is 1. The van der Waals surface area contributed by atoms with Gasteiger partial charge in [-0.1, -0.05) is 24.3 Å². The number of fused-ring (bicyclic) bond motifs is 3. The number of rotatable bonds is 6. The second-order valence-electron chi connectivity index (χ2n) is 11.4. The van der Waals surface area contributed by atoms with Crippen LogP contribution in [0.25, 0.3) is 16.9 Å². The molecular weight excluding hydrogens is 556 g/mol. The fourth-order valence-electron chi connectivity index (χ4n) is 6.91. The van der Waals surface area contributed by atoms with Gasteiger partial charge in [-0.25, -0.2) is 0 Å². The van der Waals surface area contributed by atoms with E-state index < -0.39 is 64.1 Å². The van der Waals surface area contributed by atoms with Crippen LogP contribution in [0.3, 0.4) is 0 Å². The highest BCUT2D eigenvalue weighted by atomic mass is 16.5. The molecule has 3 aliphatic carbocycles. The topological polar surface area (TPSA) is 191 Å². The number of ether oxygens (including phenoxy) is 1. The van der Waals surface area contributed by atoms with Crippen molar-refractivity contribution in [2.45, 2.75) is 37.5 Å². The van der Waals surface area contributed by atoms with Crippen molar-refractivity contribution in [3.8, 4) is 22.6 Å². The van der Waals surface area contributed by atoms with Gasteiger partial charge in [0.2, 0.25) is 5.78 Å². The van der Waals surface area contributed by atoms with Gasteiger partial charge in [0.05, 0.1) is 24.8 Å². The number of allylic oxidation sites excluding steroid dienone is 1. The van der Waals surface area contributed by atoms with Crippen LogP contribution in [0.4, 0.5) is 0 Å². The van der Waals surface area contributed by atoms with E-state index >= 15 is 0 Å². The van der Waals surface area contributed by atoms with Crippen molar-refractivity contribution in [1.82, 2.24) is 4.90 Å². The lowest BCUT2D eigenvalue weighted by Gasteiger charge is -2.50. The third kappa shape index (κ3) is 4.34. The van der Waals surface area contributed by atoms with Crippen LogP contribution in [0.15, 0.2) is 59.4 Å². The van der Waals surface area contributed by atoms with E-state index in [0.717, 1.165) is 0 Å². The molecule has 1 amide bonds. The van der Waals surface area contributed by atoms with Crippen molar-refractivity contribution >= 4 is 23.2 Å². The number of aromatic hydroxyl groups is 1. The van der Waals surface area contributed by atoms with Crippen molar-refractivity contribution in [3.63, 3.8) is 0 Å². The van der Waals surface area contributed by atoms with Crippen molar-refractivity contribution in [2.24, 2.45) is 17.6 Å². The van der Waals surface area contributed by atoms with Crippen molar-refractivity contribution in [3.05, 3.63) is 76.1 Å². The van der Waals surface area contributed by atoms with Gasteiger partial charge < -0.3 is 36.0 Å². The van der Waals surface area contributed by atoms with Gasteiger partial charge in [0, 0.05) is 17.1 Å². The fourth-order valence-corrected chi connectivity index (χ4v) is 6.91. The first kappa shape index (κ1) is 30.0. The SMILES string of the molecule is C/C=C/C(O)c1ccc(OC)c(-c2ccc(O)c3c2C[C@H]2C[C@H]4[C@H](N(C)C)C(=O)C(C(N)=O)=C(O)[C@@]4(O)C(=O)C2=C3O)c1. The third-order valence-electron chi connectivity index (χ3n) is 8.83. The number of aliphatic hydroxyl groups is 4. The number of methoxy groups -OCH3 is 1. The Bertz CT molecular complexity index is 1650. The molecule has 2 aromatic rings. The maximum absolute atomic E-state index is 14.1. The zero-order chi connectivity index (χ0) is 31.5. The number of carbonyl (C=O) groups excluding carboxylic acids is 3. The summed E-state index contributed by atoms with van der Waals surface area (Å²) in [4.78, 5) is 41.0. The molecule has 11 heteroatoms. The number of ketones is 2. The lowest BCUT2D eigenvalue weighted by molar-refractivity contribution is -0.153. The second-order valence-corrected chi connectivity index (χ2v) is 11.4. The smallest absolute Gasteiger partial charge is 0.255 e. The minimum Gasteiger partial charge on any atom is -0.508 e. The molecule has 5 rings (SSSR count). The minimum atomic E-state index is -2.71. The number of hydrogen-bond acceptors (Lipinski definition) is 10. The molecular formula is C32H34N2O9. The summed E-state index contributed by atoms with van der Waals surface area (Å²) in [5.41, 5.74) is 3.74. The minimum absolute atomic E-state index is 0.0297. The molecule has 0 heterocycles. The third-order valence-corrected chi connectivity index (χ3v) is 8.83. The maximum Gasteiger partial charge on any atom is 0.255 e. The summed E-state index contributed by atoms with van der Waals surface area (Å²) in [7, 11) is 4.58. The Balaban J connectivity index is 1.74. The highest BCUT2D eigenvalue weighted by molar-refractivity contribution is 6.24. The van der Waals surface area contributed by atoms with Crippen LogP contribution in [0, 0.1) is 11.8 Å². The largest absolute Gasteiger partial charge is 0.508 e. The van der Waals surface area contributed by atoms with Crippen LogP contribution in [0.2, 0.25) is 0 Å². The molecule has 0 saturated heterocycles. The van der Waals surface area contributed by atoms with E-state index in [2.05, 4.69) is 0 Å². The van der Waals surface area contributed by atoms with E-state index in [1.807, 2.05) is 0 Å². The van der Waals surface area contributed by atoms with Gasteiger partial charge >= 0.3 is 0 Å². The molecule has 1 saturated carbocycles. The van der Waals surface area contributed by atoms with Crippen LogP contribution in [-0.4, -0.2) is 80.8 Å². The highest BCUT2D eigenvalue weighted by Crippen LogP contribution is 2.54. The summed E-state index contributed by atoms with van der Waals surface area (Å²) in [5, 5.41) is 55.8. The number of nitrogens with zero attached hydrogens (tertiary/aromatic N) is 1. The maximum atomic E-state index is 14.1. The zero-order valence-electron chi connectivity index (χ0n) is 24.2. The fraction of sp³-hybridized carbons (Fsp3) is 0.344. The Hall–Kier alpha value is -4.45. The van der Waals surface area contributed by atoms with Gasteiger partial charge in [-0.05, 0) is 74.7 Å². The Morgan fingerprint density at radius 2 is 1.84 bits per heavy atom. The quantitative estimate of drug-likeness (QED) is 0.215. The van der Waals surface area contributed by atoms with Crippen LogP contribution >= 0.6 is 0 Å². The number of phenols is 1. The molecule has 5 atom stereocenters. The van der Waals surface area contributed by atoms with E-state index in [0.29, 0.717) is 28.0 Å². The molecule has 0 spiro atoms. The Kier molecular flexibility index (Phi) is 7.45. The zero-order valence-corrected chi connectivity index (χ0v) is 24.2. The van der Waals surface area contributed by atoms with Crippen LogP contribution < -0.4 is 10.5 Å². The van der Waals surface area contributed by atoms with E-state index in [1.165, 1.54) is 18.1 Å². The van der Waals surface area contributed by atoms with Crippen molar-refractivity contribution < 1.29 is 44.7 Å². The summed E-state index contributed by atoms with van der Waals surface area (Å²) in [5.74, 6) is -6.67. The molecule has 0 aromatic heterocycles.